The molecule has 2 aromatic carbocycles. The van der Waals surface area contributed by atoms with Crippen molar-refractivity contribution in [3.8, 4) is 0 Å². The first-order valence-electron chi connectivity index (χ1n) is 6.53. The number of fused-ring (bicyclic) bond motifs is 1. The molecule has 0 saturated heterocycles. The zero-order valence-corrected chi connectivity index (χ0v) is 10.9. The summed E-state index contributed by atoms with van der Waals surface area (Å²) >= 11 is 0. The van der Waals surface area contributed by atoms with Crippen LogP contribution in [0.15, 0.2) is 54.6 Å². The molecule has 1 aliphatic heterocycles. The van der Waals surface area contributed by atoms with Crippen molar-refractivity contribution in [2.45, 2.75) is 13.2 Å². The standard InChI is InChI=1S/C17H16O2/c1-2-18-17-15-11-7-6-10-14(15)16(19-17)12-13-8-4-3-5-9-13/h3-12,17H,2H2,1H3/b16-12-. The van der Waals surface area contributed by atoms with Crippen LogP contribution in [0.5, 0.6) is 0 Å². The molecule has 1 heterocycles. The van der Waals surface area contributed by atoms with Crippen LogP contribution in [-0.4, -0.2) is 6.61 Å². The predicted molar refractivity (Wildman–Crippen MR) is 76.2 cm³/mol. The van der Waals surface area contributed by atoms with E-state index in [2.05, 4.69) is 30.3 Å². The van der Waals surface area contributed by atoms with Crippen molar-refractivity contribution in [1.82, 2.24) is 0 Å². The highest BCUT2D eigenvalue weighted by Crippen LogP contribution is 2.39. The molecule has 1 unspecified atom stereocenters. The van der Waals surface area contributed by atoms with Gasteiger partial charge in [0.05, 0.1) is 0 Å². The summed E-state index contributed by atoms with van der Waals surface area (Å²) in [6, 6.07) is 18.3. The summed E-state index contributed by atoms with van der Waals surface area (Å²) < 4.78 is 11.5. The molecule has 96 valence electrons. The van der Waals surface area contributed by atoms with E-state index in [4.69, 9.17) is 9.47 Å². The van der Waals surface area contributed by atoms with Crippen molar-refractivity contribution < 1.29 is 9.47 Å². The van der Waals surface area contributed by atoms with Crippen LogP contribution >= 0.6 is 0 Å². The molecule has 2 nitrogen and oxygen atoms in total. The minimum absolute atomic E-state index is 0.281. The summed E-state index contributed by atoms with van der Waals surface area (Å²) in [6.45, 7) is 2.61. The lowest BCUT2D eigenvalue weighted by Gasteiger charge is -2.11. The minimum atomic E-state index is -0.281. The van der Waals surface area contributed by atoms with Gasteiger partial charge in [-0.2, -0.15) is 0 Å². The maximum atomic E-state index is 5.92. The summed E-state index contributed by atoms with van der Waals surface area (Å²) in [4.78, 5) is 0. The van der Waals surface area contributed by atoms with Crippen LogP contribution in [0, 0.1) is 0 Å². The Morgan fingerprint density at radius 2 is 1.79 bits per heavy atom. The van der Waals surface area contributed by atoms with E-state index in [1.54, 1.807) is 0 Å². The number of hydrogen-bond donors (Lipinski definition) is 0. The molecule has 0 saturated carbocycles. The third-order valence-corrected chi connectivity index (χ3v) is 3.13. The van der Waals surface area contributed by atoms with E-state index in [1.807, 2.05) is 37.3 Å². The molecule has 0 aliphatic carbocycles. The molecular weight excluding hydrogens is 236 g/mol. The van der Waals surface area contributed by atoms with Crippen LogP contribution in [0.2, 0.25) is 0 Å². The minimum Gasteiger partial charge on any atom is -0.460 e. The second-order valence-electron chi connectivity index (χ2n) is 4.41. The zero-order valence-electron chi connectivity index (χ0n) is 10.9. The van der Waals surface area contributed by atoms with Crippen molar-refractivity contribution in [3.05, 3.63) is 71.3 Å². The second kappa shape index (κ2) is 5.29. The van der Waals surface area contributed by atoms with Gasteiger partial charge in [-0.3, -0.25) is 0 Å². The Morgan fingerprint density at radius 1 is 1.05 bits per heavy atom. The Kier molecular flexibility index (Phi) is 3.34. The van der Waals surface area contributed by atoms with Gasteiger partial charge in [0.25, 0.3) is 0 Å². The fraction of sp³-hybridized carbons (Fsp3) is 0.176. The van der Waals surface area contributed by atoms with Gasteiger partial charge < -0.3 is 9.47 Å². The quantitative estimate of drug-likeness (QED) is 0.813. The average molecular weight is 252 g/mol. The van der Waals surface area contributed by atoms with Gasteiger partial charge in [-0.05, 0) is 18.6 Å². The summed E-state index contributed by atoms with van der Waals surface area (Å²) in [5.41, 5.74) is 3.35. The molecule has 0 amide bonds. The summed E-state index contributed by atoms with van der Waals surface area (Å²) in [6.07, 6.45) is 1.77. The number of benzene rings is 2. The van der Waals surface area contributed by atoms with E-state index in [9.17, 15) is 0 Å². The Balaban J connectivity index is 1.99. The smallest absolute Gasteiger partial charge is 0.227 e. The summed E-state index contributed by atoms with van der Waals surface area (Å²) in [7, 11) is 0. The topological polar surface area (TPSA) is 18.5 Å². The summed E-state index contributed by atoms with van der Waals surface area (Å²) in [5, 5.41) is 0. The maximum Gasteiger partial charge on any atom is 0.227 e. The normalized spacial score (nSPS) is 19.2. The molecule has 3 rings (SSSR count). The highest BCUT2D eigenvalue weighted by Gasteiger charge is 2.27. The van der Waals surface area contributed by atoms with Gasteiger partial charge in [-0.1, -0.05) is 54.6 Å². The molecule has 0 fully saturated rings. The number of rotatable bonds is 3. The van der Waals surface area contributed by atoms with E-state index in [0.29, 0.717) is 6.61 Å². The number of ether oxygens (including phenoxy) is 2. The van der Waals surface area contributed by atoms with Gasteiger partial charge in [-0.25, -0.2) is 0 Å². The van der Waals surface area contributed by atoms with Gasteiger partial charge in [0.2, 0.25) is 6.29 Å². The molecule has 0 spiro atoms. The third kappa shape index (κ3) is 2.40. The third-order valence-electron chi connectivity index (χ3n) is 3.13. The van der Waals surface area contributed by atoms with E-state index >= 15 is 0 Å². The van der Waals surface area contributed by atoms with Gasteiger partial charge in [0.1, 0.15) is 5.76 Å². The molecule has 0 radical (unpaired) electrons. The second-order valence-corrected chi connectivity index (χ2v) is 4.41. The first kappa shape index (κ1) is 12.0. The van der Waals surface area contributed by atoms with Gasteiger partial charge in [-0.15, -0.1) is 0 Å². The molecule has 19 heavy (non-hydrogen) atoms. The van der Waals surface area contributed by atoms with Gasteiger partial charge in [0.15, 0.2) is 0 Å². The highest BCUT2D eigenvalue weighted by molar-refractivity contribution is 5.80. The molecule has 2 aromatic rings. The Hall–Kier alpha value is -2.06. The average Bonchev–Trinajstić information content (AvgIpc) is 2.79. The molecule has 0 N–H and O–H groups in total. The fourth-order valence-corrected chi connectivity index (χ4v) is 2.26. The van der Waals surface area contributed by atoms with E-state index in [-0.39, 0.29) is 6.29 Å². The van der Waals surface area contributed by atoms with Crippen LogP contribution in [0.4, 0.5) is 0 Å². The molecular formula is C17H16O2. The first-order valence-corrected chi connectivity index (χ1v) is 6.53. The Morgan fingerprint density at radius 3 is 2.58 bits per heavy atom. The van der Waals surface area contributed by atoms with E-state index in [1.165, 1.54) is 0 Å². The lowest BCUT2D eigenvalue weighted by Crippen LogP contribution is -2.01. The SMILES string of the molecule is CCOC1O/C(=C\c2ccccc2)c2ccccc21. The van der Waals surface area contributed by atoms with Crippen molar-refractivity contribution in [2.75, 3.05) is 6.61 Å². The van der Waals surface area contributed by atoms with Crippen molar-refractivity contribution in [3.63, 3.8) is 0 Å². The van der Waals surface area contributed by atoms with Crippen LogP contribution in [0.25, 0.3) is 11.8 Å². The lowest BCUT2D eigenvalue weighted by molar-refractivity contribution is -0.0861. The van der Waals surface area contributed by atoms with E-state index < -0.39 is 0 Å². The Labute approximate surface area is 113 Å². The summed E-state index contributed by atoms with van der Waals surface area (Å²) in [5.74, 6) is 0.875. The van der Waals surface area contributed by atoms with Crippen molar-refractivity contribution in [1.29, 1.82) is 0 Å². The van der Waals surface area contributed by atoms with Crippen LogP contribution in [-0.2, 0) is 9.47 Å². The van der Waals surface area contributed by atoms with Crippen LogP contribution in [0.1, 0.15) is 29.9 Å². The highest BCUT2D eigenvalue weighted by atomic mass is 16.7. The molecule has 1 aliphatic rings. The predicted octanol–water partition coefficient (Wildman–Crippen LogP) is 4.25. The Bertz CT molecular complexity index is 587. The lowest BCUT2D eigenvalue weighted by atomic mass is 10.1. The first-order chi connectivity index (χ1) is 9.38. The van der Waals surface area contributed by atoms with Gasteiger partial charge in [0, 0.05) is 17.7 Å². The molecule has 0 bridgehead atoms. The van der Waals surface area contributed by atoms with E-state index in [0.717, 1.165) is 22.4 Å². The molecule has 1 atom stereocenters. The fourth-order valence-electron chi connectivity index (χ4n) is 2.26. The van der Waals surface area contributed by atoms with Crippen LogP contribution < -0.4 is 0 Å². The maximum absolute atomic E-state index is 5.92. The van der Waals surface area contributed by atoms with Crippen LogP contribution in [0.3, 0.4) is 0 Å². The largest absolute Gasteiger partial charge is 0.460 e. The monoisotopic (exact) mass is 252 g/mol. The molecule has 0 aromatic heterocycles. The van der Waals surface area contributed by atoms with Crippen molar-refractivity contribution >= 4 is 11.8 Å². The number of hydrogen-bond acceptors (Lipinski definition) is 2. The zero-order chi connectivity index (χ0) is 13.1. The molecule has 2 heteroatoms. The van der Waals surface area contributed by atoms with Crippen molar-refractivity contribution in [2.24, 2.45) is 0 Å². The van der Waals surface area contributed by atoms with Gasteiger partial charge >= 0.3 is 0 Å².